The summed E-state index contributed by atoms with van der Waals surface area (Å²) in [7, 11) is -4.05. The lowest BCUT2D eigenvalue weighted by molar-refractivity contribution is 0.297. The van der Waals surface area contributed by atoms with Gasteiger partial charge in [0.2, 0.25) is 10.0 Å². The summed E-state index contributed by atoms with van der Waals surface area (Å²) in [5.41, 5.74) is 0.695. The van der Waals surface area contributed by atoms with Gasteiger partial charge in [0.15, 0.2) is 23.1 Å². The Morgan fingerprint density at radius 1 is 0.963 bits per heavy atom. The molecule has 1 aliphatic heterocycles. The molecule has 0 bridgehead atoms. The van der Waals surface area contributed by atoms with Gasteiger partial charge in [0.05, 0.1) is 18.1 Å². The maximum absolute atomic E-state index is 13.5. The van der Waals surface area contributed by atoms with E-state index in [0.717, 1.165) is 18.6 Å². The van der Waals surface area contributed by atoms with Gasteiger partial charge in [-0.05, 0) is 41.8 Å². The van der Waals surface area contributed by atoms with Crippen LogP contribution in [0.25, 0.3) is 0 Å². The highest BCUT2D eigenvalue weighted by Gasteiger charge is 2.26. The van der Waals surface area contributed by atoms with Crippen LogP contribution in [0.15, 0.2) is 41.3 Å². The van der Waals surface area contributed by atoms with E-state index < -0.39 is 27.7 Å². The van der Waals surface area contributed by atoms with E-state index in [-0.39, 0.29) is 10.8 Å². The smallest absolute Gasteiger partial charge is 0.241 e. The molecule has 2 aromatic carbocycles. The topological polar surface area (TPSA) is 64.6 Å². The monoisotopic (exact) mass is 397 g/mol. The number of hydrogen-bond donors (Lipinski definition) is 1. The third-order valence-electron chi connectivity index (χ3n) is 4.28. The van der Waals surface area contributed by atoms with Gasteiger partial charge in [-0.3, -0.25) is 0 Å². The summed E-state index contributed by atoms with van der Waals surface area (Å²) in [5.74, 6) is -1.24. The van der Waals surface area contributed by atoms with Crippen LogP contribution in [-0.2, 0) is 10.0 Å². The lowest BCUT2D eigenvalue weighted by atomic mass is 9.97. The summed E-state index contributed by atoms with van der Waals surface area (Å²) in [6.07, 6.45) is 0.764. The van der Waals surface area contributed by atoms with Gasteiger partial charge < -0.3 is 9.47 Å². The molecule has 2 aromatic rings. The van der Waals surface area contributed by atoms with Gasteiger partial charge in [-0.15, -0.1) is 0 Å². The van der Waals surface area contributed by atoms with Crippen LogP contribution in [0.5, 0.6) is 11.5 Å². The highest BCUT2D eigenvalue weighted by atomic mass is 32.2. The zero-order chi connectivity index (χ0) is 19.6. The summed E-state index contributed by atoms with van der Waals surface area (Å²) in [5, 5.41) is 0. The molecule has 0 spiro atoms. The molecule has 0 radical (unpaired) electrons. The molecule has 1 unspecified atom stereocenters. The van der Waals surface area contributed by atoms with E-state index in [1.54, 1.807) is 18.2 Å². The van der Waals surface area contributed by atoms with Crippen LogP contribution in [0.3, 0.4) is 0 Å². The van der Waals surface area contributed by atoms with Crippen LogP contribution in [0.4, 0.5) is 8.78 Å². The second-order valence-corrected chi connectivity index (χ2v) is 8.39. The maximum Gasteiger partial charge on any atom is 0.241 e. The van der Waals surface area contributed by atoms with Gasteiger partial charge in [-0.25, -0.2) is 21.9 Å². The van der Waals surface area contributed by atoms with Crippen LogP contribution in [0.2, 0.25) is 0 Å². The average Bonchev–Trinajstić information content (AvgIpc) is 2.86. The Kier molecular flexibility index (Phi) is 5.67. The second kappa shape index (κ2) is 7.82. The minimum Gasteiger partial charge on any atom is -0.490 e. The summed E-state index contributed by atoms with van der Waals surface area (Å²) in [6, 6.07) is 7.18. The first kappa shape index (κ1) is 19.6. The van der Waals surface area contributed by atoms with Crippen LogP contribution >= 0.6 is 0 Å². The highest BCUT2D eigenvalue weighted by molar-refractivity contribution is 7.89. The molecule has 0 saturated carbocycles. The molecule has 1 aliphatic rings. The molecule has 0 aliphatic carbocycles. The minimum absolute atomic E-state index is 0.102. The van der Waals surface area contributed by atoms with Crippen LogP contribution in [0.1, 0.15) is 31.9 Å². The zero-order valence-electron chi connectivity index (χ0n) is 15.0. The fourth-order valence-electron chi connectivity index (χ4n) is 2.84. The molecule has 0 amide bonds. The first-order valence-electron chi connectivity index (χ1n) is 8.65. The van der Waals surface area contributed by atoms with Crippen molar-refractivity contribution in [1.82, 2.24) is 4.72 Å². The lowest BCUT2D eigenvalue weighted by Gasteiger charge is -2.23. The molecule has 8 heteroatoms. The Labute approximate surface area is 157 Å². The van der Waals surface area contributed by atoms with E-state index in [0.29, 0.717) is 36.3 Å². The van der Waals surface area contributed by atoms with Crippen molar-refractivity contribution in [2.75, 3.05) is 13.2 Å². The zero-order valence-corrected chi connectivity index (χ0v) is 15.9. The van der Waals surface area contributed by atoms with Crippen molar-refractivity contribution in [2.24, 2.45) is 5.92 Å². The minimum atomic E-state index is -4.05. The molecule has 3 rings (SSSR count). The highest BCUT2D eigenvalue weighted by Crippen LogP contribution is 2.34. The van der Waals surface area contributed by atoms with Gasteiger partial charge in [-0.2, -0.15) is 0 Å². The van der Waals surface area contributed by atoms with Gasteiger partial charge in [0.1, 0.15) is 0 Å². The van der Waals surface area contributed by atoms with E-state index in [4.69, 9.17) is 9.47 Å². The number of sulfonamides is 1. The average molecular weight is 397 g/mol. The van der Waals surface area contributed by atoms with Crippen molar-refractivity contribution in [2.45, 2.75) is 31.2 Å². The summed E-state index contributed by atoms with van der Waals surface area (Å²) in [6.45, 7) is 4.80. The molecular weight excluding hydrogens is 376 g/mol. The standard InChI is InChI=1S/C19H21F2NO4S/c1-12(2)19(13-4-7-17-18(10-13)26-9-3-8-25-17)22-27(23,24)14-5-6-15(20)16(21)11-14/h4-7,10-12,19,22H,3,8-9H2,1-2H3. The third-order valence-corrected chi connectivity index (χ3v) is 5.72. The molecule has 1 heterocycles. The van der Waals surface area contributed by atoms with Crippen molar-refractivity contribution < 1.29 is 26.7 Å². The number of nitrogens with one attached hydrogen (secondary N) is 1. The van der Waals surface area contributed by atoms with Gasteiger partial charge in [0, 0.05) is 12.5 Å². The van der Waals surface area contributed by atoms with E-state index >= 15 is 0 Å². The van der Waals surface area contributed by atoms with Crippen molar-refractivity contribution in [3.8, 4) is 11.5 Å². The largest absolute Gasteiger partial charge is 0.490 e. The van der Waals surface area contributed by atoms with Crippen molar-refractivity contribution >= 4 is 10.0 Å². The third kappa shape index (κ3) is 4.39. The first-order valence-corrected chi connectivity index (χ1v) is 10.1. The Morgan fingerprint density at radius 2 is 1.67 bits per heavy atom. The van der Waals surface area contributed by atoms with Crippen LogP contribution in [0, 0.1) is 17.6 Å². The fourth-order valence-corrected chi connectivity index (χ4v) is 4.23. The summed E-state index contributed by atoms with van der Waals surface area (Å²) >= 11 is 0. The predicted molar refractivity (Wildman–Crippen MR) is 96.3 cm³/mol. The number of hydrogen-bond acceptors (Lipinski definition) is 4. The van der Waals surface area contributed by atoms with Crippen molar-refractivity contribution in [3.05, 3.63) is 53.6 Å². The normalized spacial score (nSPS) is 15.4. The molecule has 0 aromatic heterocycles. The number of rotatable bonds is 5. The number of fused-ring (bicyclic) bond motifs is 1. The molecule has 0 saturated heterocycles. The van der Waals surface area contributed by atoms with E-state index in [1.165, 1.54) is 0 Å². The Balaban J connectivity index is 1.92. The Bertz CT molecular complexity index is 931. The SMILES string of the molecule is CC(C)C(NS(=O)(=O)c1ccc(F)c(F)c1)c1ccc2c(c1)OCCCO2. The summed E-state index contributed by atoms with van der Waals surface area (Å²) in [4.78, 5) is -0.332. The summed E-state index contributed by atoms with van der Waals surface area (Å²) < 4.78 is 65.8. The molecule has 1 atom stereocenters. The van der Waals surface area contributed by atoms with Crippen LogP contribution in [-0.4, -0.2) is 21.6 Å². The van der Waals surface area contributed by atoms with E-state index in [2.05, 4.69) is 4.72 Å². The number of benzene rings is 2. The number of ether oxygens (including phenoxy) is 2. The fraction of sp³-hybridized carbons (Fsp3) is 0.368. The predicted octanol–water partition coefficient (Wildman–Crippen LogP) is 3.80. The van der Waals surface area contributed by atoms with Gasteiger partial charge >= 0.3 is 0 Å². The molecule has 0 fully saturated rings. The molecule has 146 valence electrons. The van der Waals surface area contributed by atoms with Gasteiger partial charge in [-0.1, -0.05) is 19.9 Å². The molecular formula is C19H21F2NO4S. The molecule has 1 N–H and O–H groups in total. The van der Waals surface area contributed by atoms with Crippen molar-refractivity contribution in [3.63, 3.8) is 0 Å². The van der Waals surface area contributed by atoms with E-state index in [9.17, 15) is 17.2 Å². The van der Waals surface area contributed by atoms with Gasteiger partial charge in [0.25, 0.3) is 0 Å². The van der Waals surface area contributed by atoms with E-state index in [1.807, 2.05) is 13.8 Å². The van der Waals surface area contributed by atoms with Crippen molar-refractivity contribution in [1.29, 1.82) is 0 Å². The Hall–Kier alpha value is -2.19. The Morgan fingerprint density at radius 3 is 2.33 bits per heavy atom. The quantitative estimate of drug-likeness (QED) is 0.834. The maximum atomic E-state index is 13.5. The van der Waals surface area contributed by atoms with Crippen LogP contribution < -0.4 is 14.2 Å². The second-order valence-electron chi connectivity index (χ2n) is 6.68. The molecule has 5 nitrogen and oxygen atoms in total. The number of halogens is 2. The first-order chi connectivity index (χ1) is 12.8. The lowest BCUT2D eigenvalue weighted by Crippen LogP contribution is -2.32. The molecule has 27 heavy (non-hydrogen) atoms.